The molecule has 1 fully saturated rings. The van der Waals surface area contributed by atoms with Gasteiger partial charge >= 0.3 is 11.9 Å². The molecule has 4 atom stereocenters. The SMILES string of the molecule is CCOC(=O)[C@@H]1C(=O)C[C@@](O)(c2ccccc2)[C@@H](C(=O)OCC)[C@@H]1c1ccc(OC)cc1. The van der Waals surface area contributed by atoms with Crippen LogP contribution in [-0.2, 0) is 29.5 Å². The van der Waals surface area contributed by atoms with E-state index < -0.39 is 47.5 Å². The van der Waals surface area contributed by atoms with Crippen molar-refractivity contribution in [1.29, 1.82) is 0 Å². The summed E-state index contributed by atoms with van der Waals surface area (Å²) in [6.07, 6.45) is -0.406. The molecule has 2 aromatic carbocycles. The maximum Gasteiger partial charge on any atom is 0.317 e. The van der Waals surface area contributed by atoms with Gasteiger partial charge in [0.05, 0.1) is 26.2 Å². The second-order valence-electron chi connectivity index (χ2n) is 7.69. The minimum Gasteiger partial charge on any atom is -0.497 e. The highest BCUT2D eigenvalue weighted by Crippen LogP contribution is 2.51. The van der Waals surface area contributed by atoms with Crippen LogP contribution < -0.4 is 4.74 Å². The Morgan fingerprint density at radius 2 is 1.56 bits per heavy atom. The highest BCUT2D eigenvalue weighted by molar-refractivity contribution is 6.03. The number of rotatable bonds is 7. The molecule has 1 aliphatic rings. The Bertz CT molecular complexity index is 954. The van der Waals surface area contributed by atoms with Crippen LogP contribution in [0, 0.1) is 11.8 Å². The summed E-state index contributed by atoms with van der Waals surface area (Å²) < 4.78 is 15.7. The maximum absolute atomic E-state index is 13.3. The lowest BCUT2D eigenvalue weighted by Crippen LogP contribution is -2.55. The van der Waals surface area contributed by atoms with E-state index in [1.165, 1.54) is 7.11 Å². The predicted octanol–water partition coefficient (Wildman–Crippen LogP) is 3.00. The molecule has 1 saturated carbocycles. The van der Waals surface area contributed by atoms with E-state index in [9.17, 15) is 19.5 Å². The fourth-order valence-corrected chi connectivity index (χ4v) is 4.48. The van der Waals surface area contributed by atoms with Crippen molar-refractivity contribution in [2.75, 3.05) is 20.3 Å². The van der Waals surface area contributed by atoms with Crippen LogP contribution in [0.25, 0.3) is 0 Å². The number of benzene rings is 2. The highest BCUT2D eigenvalue weighted by Gasteiger charge is 2.59. The largest absolute Gasteiger partial charge is 0.497 e. The Labute approximate surface area is 187 Å². The molecule has 7 nitrogen and oxygen atoms in total. The molecule has 1 aliphatic carbocycles. The van der Waals surface area contributed by atoms with Crippen molar-refractivity contribution >= 4 is 17.7 Å². The number of methoxy groups -OCH3 is 1. The van der Waals surface area contributed by atoms with Crippen molar-refractivity contribution in [1.82, 2.24) is 0 Å². The number of carbonyl (C=O) groups is 3. The van der Waals surface area contributed by atoms with E-state index in [0.29, 0.717) is 16.9 Å². The Morgan fingerprint density at radius 1 is 0.969 bits per heavy atom. The highest BCUT2D eigenvalue weighted by atomic mass is 16.5. The van der Waals surface area contributed by atoms with Gasteiger partial charge in [-0.15, -0.1) is 0 Å². The summed E-state index contributed by atoms with van der Waals surface area (Å²) in [5.74, 6) is -4.74. The summed E-state index contributed by atoms with van der Waals surface area (Å²) in [4.78, 5) is 39.4. The topological polar surface area (TPSA) is 99.1 Å². The van der Waals surface area contributed by atoms with Gasteiger partial charge in [0.1, 0.15) is 17.3 Å². The number of ether oxygens (including phenoxy) is 3. The van der Waals surface area contributed by atoms with Crippen LogP contribution in [0.15, 0.2) is 54.6 Å². The summed E-state index contributed by atoms with van der Waals surface area (Å²) in [5, 5.41) is 11.8. The zero-order chi connectivity index (χ0) is 23.3. The second kappa shape index (κ2) is 9.96. The van der Waals surface area contributed by atoms with Crippen LogP contribution in [0.1, 0.15) is 37.3 Å². The molecule has 0 saturated heterocycles. The van der Waals surface area contributed by atoms with Gasteiger partial charge < -0.3 is 19.3 Å². The van der Waals surface area contributed by atoms with E-state index in [4.69, 9.17) is 14.2 Å². The van der Waals surface area contributed by atoms with Crippen LogP contribution in [0.2, 0.25) is 0 Å². The molecule has 3 rings (SSSR count). The Hall–Kier alpha value is -3.19. The molecule has 0 heterocycles. The fourth-order valence-electron chi connectivity index (χ4n) is 4.48. The van der Waals surface area contributed by atoms with Crippen molar-refractivity contribution in [3.63, 3.8) is 0 Å². The van der Waals surface area contributed by atoms with E-state index in [-0.39, 0.29) is 13.2 Å². The Balaban J connectivity index is 2.22. The number of Topliss-reactive ketones (excluding diaryl/α,β-unsaturated/α-hetero) is 1. The lowest BCUT2D eigenvalue weighted by molar-refractivity contribution is -0.176. The second-order valence-corrected chi connectivity index (χ2v) is 7.69. The van der Waals surface area contributed by atoms with Crippen LogP contribution in [0.3, 0.4) is 0 Å². The molecule has 0 aromatic heterocycles. The molecule has 2 aromatic rings. The average molecular weight is 440 g/mol. The van der Waals surface area contributed by atoms with Gasteiger partial charge in [-0.05, 0) is 37.1 Å². The smallest absolute Gasteiger partial charge is 0.317 e. The van der Waals surface area contributed by atoms with E-state index in [2.05, 4.69) is 0 Å². The first kappa shape index (κ1) is 23.5. The number of ketones is 1. The predicted molar refractivity (Wildman–Crippen MR) is 116 cm³/mol. The number of hydrogen-bond donors (Lipinski definition) is 1. The summed E-state index contributed by atoms with van der Waals surface area (Å²) >= 11 is 0. The normalized spacial score (nSPS) is 25.1. The summed E-state index contributed by atoms with van der Waals surface area (Å²) in [6, 6.07) is 15.3. The first-order valence-electron chi connectivity index (χ1n) is 10.6. The standard InChI is InChI=1S/C25H28O7/c1-4-31-23(27)21-19(26)15-25(29,17-9-7-6-8-10-17)22(24(28)32-5-2)20(21)16-11-13-18(30-3)14-12-16/h6-14,20-22,29H,4-5,15H2,1-3H3/t20-,21-,22-,25-/m1/s1. The summed E-state index contributed by atoms with van der Waals surface area (Å²) in [5.41, 5.74) is -0.908. The minimum atomic E-state index is -1.85. The number of aliphatic hydroxyl groups is 1. The quantitative estimate of drug-likeness (QED) is 0.522. The first-order chi connectivity index (χ1) is 15.4. The molecule has 32 heavy (non-hydrogen) atoms. The molecular weight excluding hydrogens is 412 g/mol. The molecule has 1 N–H and O–H groups in total. The molecule has 0 bridgehead atoms. The van der Waals surface area contributed by atoms with Crippen LogP contribution >= 0.6 is 0 Å². The third-order valence-corrected chi connectivity index (χ3v) is 5.88. The fraction of sp³-hybridized carbons (Fsp3) is 0.400. The van der Waals surface area contributed by atoms with E-state index in [1.54, 1.807) is 68.4 Å². The zero-order valence-corrected chi connectivity index (χ0v) is 18.4. The third-order valence-electron chi connectivity index (χ3n) is 5.88. The van der Waals surface area contributed by atoms with Gasteiger partial charge in [0, 0.05) is 12.3 Å². The van der Waals surface area contributed by atoms with Crippen molar-refractivity contribution in [2.24, 2.45) is 11.8 Å². The van der Waals surface area contributed by atoms with Gasteiger partial charge in [0.25, 0.3) is 0 Å². The molecule has 170 valence electrons. The lowest BCUT2D eigenvalue weighted by Gasteiger charge is -2.45. The number of esters is 2. The maximum atomic E-state index is 13.3. The molecular formula is C25H28O7. The van der Waals surface area contributed by atoms with Crippen molar-refractivity contribution in [3.05, 3.63) is 65.7 Å². The summed E-state index contributed by atoms with van der Waals surface area (Å²) in [7, 11) is 1.52. The van der Waals surface area contributed by atoms with Crippen LogP contribution in [0.5, 0.6) is 5.75 Å². The molecule has 0 amide bonds. The van der Waals surface area contributed by atoms with E-state index >= 15 is 0 Å². The first-order valence-corrected chi connectivity index (χ1v) is 10.6. The van der Waals surface area contributed by atoms with Gasteiger partial charge in [-0.2, -0.15) is 0 Å². The van der Waals surface area contributed by atoms with Crippen molar-refractivity contribution in [3.8, 4) is 5.75 Å². The van der Waals surface area contributed by atoms with E-state index in [0.717, 1.165) is 0 Å². The van der Waals surface area contributed by atoms with Gasteiger partial charge in [-0.1, -0.05) is 42.5 Å². The Kier molecular flexibility index (Phi) is 7.30. The van der Waals surface area contributed by atoms with E-state index in [1.807, 2.05) is 0 Å². The van der Waals surface area contributed by atoms with Crippen LogP contribution in [0.4, 0.5) is 0 Å². The van der Waals surface area contributed by atoms with Gasteiger partial charge in [0.2, 0.25) is 0 Å². The molecule has 0 radical (unpaired) electrons. The Morgan fingerprint density at radius 3 is 2.12 bits per heavy atom. The minimum absolute atomic E-state index is 0.0883. The van der Waals surface area contributed by atoms with Crippen LogP contribution in [-0.4, -0.2) is 43.2 Å². The van der Waals surface area contributed by atoms with Gasteiger partial charge in [-0.25, -0.2) is 0 Å². The lowest BCUT2D eigenvalue weighted by atomic mass is 9.59. The molecule has 7 heteroatoms. The monoisotopic (exact) mass is 440 g/mol. The zero-order valence-electron chi connectivity index (χ0n) is 18.4. The van der Waals surface area contributed by atoms with Gasteiger partial charge in [-0.3, -0.25) is 14.4 Å². The number of hydrogen-bond acceptors (Lipinski definition) is 7. The summed E-state index contributed by atoms with van der Waals surface area (Å²) in [6.45, 7) is 3.49. The molecule has 0 unspecified atom stereocenters. The molecule has 0 spiro atoms. The van der Waals surface area contributed by atoms with Crippen molar-refractivity contribution in [2.45, 2.75) is 31.8 Å². The third kappa shape index (κ3) is 4.39. The average Bonchev–Trinajstić information content (AvgIpc) is 2.79. The molecule has 0 aliphatic heterocycles. The van der Waals surface area contributed by atoms with Gasteiger partial charge in [0.15, 0.2) is 5.78 Å². The van der Waals surface area contributed by atoms with Crippen molar-refractivity contribution < 1.29 is 33.7 Å². The number of carbonyl (C=O) groups excluding carboxylic acids is 3.